The van der Waals surface area contributed by atoms with E-state index >= 15 is 0 Å². The van der Waals surface area contributed by atoms with Crippen LogP contribution in [0.25, 0.3) is 0 Å². The zero-order chi connectivity index (χ0) is 11.8. The second kappa shape index (κ2) is 4.30. The third-order valence-electron chi connectivity index (χ3n) is 2.76. The van der Waals surface area contributed by atoms with Crippen molar-refractivity contribution in [1.82, 2.24) is 0 Å². The summed E-state index contributed by atoms with van der Waals surface area (Å²) in [5.74, 6) is 0. The molecule has 0 aromatic rings. The van der Waals surface area contributed by atoms with Crippen molar-refractivity contribution >= 4 is 0 Å². The summed E-state index contributed by atoms with van der Waals surface area (Å²) < 4.78 is 4.78. The highest BCUT2D eigenvalue weighted by Crippen LogP contribution is 2.31. The number of hydrogen-bond donors (Lipinski definition) is 6. The standard InChI is InChI=1S/C8H16O7/c1-3(10)8(2-9)6(13)4(11)5(12)7(14)15-8/h3-7,9-14H,2H2,1H3/t3?,4-,5-,6+,7?,8-/m1/s1. The second-order valence-corrected chi connectivity index (χ2v) is 3.72. The molecule has 0 spiro atoms. The van der Waals surface area contributed by atoms with Crippen LogP contribution in [-0.2, 0) is 4.74 Å². The maximum absolute atomic E-state index is 9.58. The molecule has 1 saturated heterocycles. The molecule has 0 amide bonds. The van der Waals surface area contributed by atoms with Crippen LogP contribution >= 0.6 is 0 Å². The van der Waals surface area contributed by atoms with E-state index in [9.17, 15) is 25.5 Å². The SMILES string of the molecule is CC(O)[C@@]1(CO)OC(O)[C@H](O)[C@@H](O)[C@@H]1O. The van der Waals surface area contributed by atoms with E-state index in [0.717, 1.165) is 0 Å². The van der Waals surface area contributed by atoms with Gasteiger partial charge in [-0.15, -0.1) is 0 Å². The van der Waals surface area contributed by atoms with Gasteiger partial charge in [0.25, 0.3) is 0 Å². The van der Waals surface area contributed by atoms with E-state index in [1.807, 2.05) is 0 Å². The number of rotatable bonds is 2. The summed E-state index contributed by atoms with van der Waals surface area (Å²) in [7, 11) is 0. The number of ether oxygens (including phenoxy) is 1. The van der Waals surface area contributed by atoms with Crippen molar-refractivity contribution in [3.63, 3.8) is 0 Å². The van der Waals surface area contributed by atoms with Crippen LogP contribution in [-0.4, -0.2) is 73.6 Å². The summed E-state index contributed by atoms with van der Waals surface area (Å²) in [4.78, 5) is 0. The molecule has 6 N–H and O–H groups in total. The molecule has 0 radical (unpaired) electrons. The molecule has 0 aromatic carbocycles. The van der Waals surface area contributed by atoms with Crippen molar-refractivity contribution < 1.29 is 35.4 Å². The Labute approximate surface area is 86.2 Å². The third-order valence-corrected chi connectivity index (χ3v) is 2.76. The fraction of sp³-hybridized carbons (Fsp3) is 1.00. The fourth-order valence-electron chi connectivity index (χ4n) is 1.62. The van der Waals surface area contributed by atoms with Crippen LogP contribution in [0.2, 0.25) is 0 Å². The fourth-order valence-corrected chi connectivity index (χ4v) is 1.62. The molecular weight excluding hydrogens is 208 g/mol. The van der Waals surface area contributed by atoms with Crippen LogP contribution in [0.5, 0.6) is 0 Å². The summed E-state index contributed by atoms with van der Waals surface area (Å²) in [6, 6.07) is 0. The van der Waals surface area contributed by atoms with Crippen LogP contribution < -0.4 is 0 Å². The Morgan fingerprint density at radius 3 is 2.13 bits per heavy atom. The molecule has 90 valence electrons. The molecule has 0 saturated carbocycles. The van der Waals surface area contributed by atoms with Crippen molar-refractivity contribution in [2.24, 2.45) is 0 Å². The molecule has 1 aliphatic heterocycles. The molecular formula is C8H16O7. The Hall–Kier alpha value is -0.280. The minimum atomic E-state index is -1.89. The van der Waals surface area contributed by atoms with Gasteiger partial charge in [0.05, 0.1) is 12.7 Å². The smallest absolute Gasteiger partial charge is 0.184 e. The molecule has 7 nitrogen and oxygen atoms in total. The molecule has 6 atom stereocenters. The highest BCUT2D eigenvalue weighted by Gasteiger charge is 2.55. The van der Waals surface area contributed by atoms with Gasteiger partial charge in [-0.2, -0.15) is 0 Å². The highest BCUT2D eigenvalue weighted by molar-refractivity contribution is 5.02. The molecule has 1 rings (SSSR count). The average molecular weight is 224 g/mol. The lowest BCUT2D eigenvalue weighted by molar-refractivity contribution is -0.344. The second-order valence-electron chi connectivity index (χ2n) is 3.72. The van der Waals surface area contributed by atoms with Crippen molar-refractivity contribution in [3.8, 4) is 0 Å². The van der Waals surface area contributed by atoms with E-state index in [0.29, 0.717) is 0 Å². The predicted molar refractivity (Wildman–Crippen MR) is 46.6 cm³/mol. The first-order chi connectivity index (χ1) is 6.86. The van der Waals surface area contributed by atoms with Gasteiger partial charge >= 0.3 is 0 Å². The molecule has 2 unspecified atom stereocenters. The Bertz CT molecular complexity index is 221. The lowest BCUT2D eigenvalue weighted by Crippen LogP contribution is -2.69. The molecule has 0 aromatic heterocycles. The minimum Gasteiger partial charge on any atom is -0.393 e. The highest BCUT2D eigenvalue weighted by atomic mass is 16.7. The molecule has 1 fully saturated rings. The van der Waals surface area contributed by atoms with Gasteiger partial charge < -0.3 is 35.4 Å². The van der Waals surface area contributed by atoms with E-state index in [1.54, 1.807) is 0 Å². The zero-order valence-corrected chi connectivity index (χ0v) is 8.19. The molecule has 15 heavy (non-hydrogen) atoms. The summed E-state index contributed by atoms with van der Waals surface area (Å²) in [5, 5.41) is 55.8. The van der Waals surface area contributed by atoms with Crippen molar-refractivity contribution in [1.29, 1.82) is 0 Å². The first-order valence-electron chi connectivity index (χ1n) is 4.56. The normalized spacial score (nSPS) is 49.0. The van der Waals surface area contributed by atoms with Gasteiger partial charge in [-0.1, -0.05) is 0 Å². The molecule has 0 aliphatic carbocycles. The van der Waals surface area contributed by atoms with Crippen LogP contribution in [0.4, 0.5) is 0 Å². The Balaban J connectivity index is 2.98. The molecule has 1 aliphatic rings. The van der Waals surface area contributed by atoms with E-state index in [1.165, 1.54) is 6.92 Å². The lowest BCUT2D eigenvalue weighted by atomic mass is 9.83. The summed E-state index contributed by atoms with van der Waals surface area (Å²) >= 11 is 0. The van der Waals surface area contributed by atoms with E-state index < -0.39 is 42.9 Å². The van der Waals surface area contributed by atoms with Gasteiger partial charge in [-0.25, -0.2) is 0 Å². The van der Waals surface area contributed by atoms with Crippen molar-refractivity contribution in [2.75, 3.05) is 6.61 Å². The number of aliphatic hydroxyl groups excluding tert-OH is 6. The van der Waals surface area contributed by atoms with Crippen LogP contribution in [0.15, 0.2) is 0 Å². The average Bonchev–Trinajstić information content (AvgIpc) is 2.20. The molecule has 0 bridgehead atoms. The van der Waals surface area contributed by atoms with Gasteiger partial charge in [0.15, 0.2) is 6.29 Å². The Kier molecular flexibility index (Phi) is 3.67. The minimum absolute atomic E-state index is 0.799. The number of aliphatic hydroxyl groups is 6. The summed E-state index contributed by atoms with van der Waals surface area (Å²) in [6.07, 6.45) is -8.17. The van der Waals surface area contributed by atoms with Gasteiger partial charge in [-0.3, -0.25) is 0 Å². The maximum atomic E-state index is 9.58. The Morgan fingerprint density at radius 1 is 1.20 bits per heavy atom. The van der Waals surface area contributed by atoms with Gasteiger partial charge in [-0.05, 0) is 6.92 Å². The quantitative estimate of drug-likeness (QED) is 0.287. The Morgan fingerprint density at radius 2 is 1.73 bits per heavy atom. The van der Waals surface area contributed by atoms with Crippen molar-refractivity contribution in [2.45, 2.75) is 43.2 Å². The zero-order valence-electron chi connectivity index (χ0n) is 8.19. The maximum Gasteiger partial charge on any atom is 0.184 e. The molecule has 1 heterocycles. The van der Waals surface area contributed by atoms with E-state index in [-0.39, 0.29) is 0 Å². The number of hydrogen-bond acceptors (Lipinski definition) is 7. The van der Waals surface area contributed by atoms with Gasteiger partial charge in [0.1, 0.15) is 23.9 Å². The van der Waals surface area contributed by atoms with Crippen molar-refractivity contribution in [3.05, 3.63) is 0 Å². The van der Waals surface area contributed by atoms with E-state index in [4.69, 9.17) is 9.84 Å². The third kappa shape index (κ3) is 1.87. The summed E-state index contributed by atoms with van der Waals surface area (Å²) in [5.41, 5.74) is -1.89. The first-order valence-corrected chi connectivity index (χ1v) is 4.56. The van der Waals surface area contributed by atoms with Gasteiger partial charge in [0, 0.05) is 0 Å². The van der Waals surface area contributed by atoms with Crippen LogP contribution in [0.3, 0.4) is 0 Å². The van der Waals surface area contributed by atoms with Crippen LogP contribution in [0.1, 0.15) is 6.92 Å². The van der Waals surface area contributed by atoms with Crippen LogP contribution in [0, 0.1) is 0 Å². The largest absolute Gasteiger partial charge is 0.393 e. The van der Waals surface area contributed by atoms with Gasteiger partial charge in [0.2, 0.25) is 0 Å². The molecule has 7 heteroatoms. The predicted octanol–water partition coefficient (Wildman–Crippen LogP) is -3.47. The van der Waals surface area contributed by atoms with E-state index in [2.05, 4.69) is 0 Å². The first kappa shape index (κ1) is 12.8. The lowest BCUT2D eigenvalue weighted by Gasteiger charge is -2.47. The monoisotopic (exact) mass is 224 g/mol. The summed E-state index contributed by atoms with van der Waals surface area (Å²) in [6.45, 7) is 0.434. The topological polar surface area (TPSA) is 131 Å².